The summed E-state index contributed by atoms with van der Waals surface area (Å²) in [5, 5.41) is 5.68. The number of carbonyl (C=O) groups excluding carboxylic acids is 2. The zero-order valence-corrected chi connectivity index (χ0v) is 15.3. The van der Waals surface area contributed by atoms with Gasteiger partial charge in [0, 0.05) is 23.2 Å². The van der Waals surface area contributed by atoms with Crippen LogP contribution < -0.4 is 15.4 Å². The Morgan fingerprint density at radius 3 is 2.32 bits per heavy atom. The lowest BCUT2D eigenvalue weighted by atomic mass is 10.1. The molecule has 0 spiro atoms. The number of rotatable bonds is 5. The van der Waals surface area contributed by atoms with Crippen molar-refractivity contribution in [1.29, 1.82) is 0 Å². The minimum absolute atomic E-state index is 0.0923. The third-order valence-corrected chi connectivity index (χ3v) is 3.87. The molecule has 0 bridgehead atoms. The van der Waals surface area contributed by atoms with Crippen molar-refractivity contribution in [2.75, 3.05) is 17.7 Å². The van der Waals surface area contributed by atoms with E-state index in [9.17, 15) is 9.59 Å². The van der Waals surface area contributed by atoms with Crippen molar-refractivity contribution in [2.45, 2.75) is 27.7 Å². The van der Waals surface area contributed by atoms with E-state index in [2.05, 4.69) is 10.6 Å². The summed E-state index contributed by atoms with van der Waals surface area (Å²) in [5.74, 6) is 0.0879. The molecular weight excluding hydrogens is 316 g/mol. The second-order valence-electron chi connectivity index (χ2n) is 6.33. The molecule has 0 saturated heterocycles. The lowest BCUT2D eigenvalue weighted by Crippen LogP contribution is -2.18. The van der Waals surface area contributed by atoms with E-state index >= 15 is 0 Å². The largest absolute Gasteiger partial charge is 0.494 e. The SMILES string of the molecule is COc1cc(NC(=O)c2ccc(C)cc2C)ccc1NC(=O)C(C)C. The van der Waals surface area contributed by atoms with E-state index in [1.165, 1.54) is 7.11 Å². The molecule has 0 unspecified atom stereocenters. The number of amides is 2. The summed E-state index contributed by atoms with van der Waals surface area (Å²) in [6.45, 7) is 7.54. The number of methoxy groups -OCH3 is 1. The lowest BCUT2D eigenvalue weighted by molar-refractivity contribution is -0.118. The summed E-state index contributed by atoms with van der Waals surface area (Å²) in [4.78, 5) is 24.3. The van der Waals surface area contributed by atoms with Crippen molar-refractivity contribution in [2.24, 2.45) is 5.92 Å². The van der Waals surface area contributed by atoms with Gasteiger partial charge in [0.2, 0.25) is 5.91 Å². The Kier molecular flexibility index (Phi) is 5.80. The summed E-state index contributed by atoms with van der Waals surface area (Å²) in [6.07, 6.45) is 0. The van der Waals surface area contributed by atoms with Crippen LogP contribution in [0.15, 0.2) is 36.4 Å². The van der Waals surface area contributed by atoms with Gasteiger partial charge < -0.3 is 15.4 Å². The van der Waals surface area contributed by atoms with E-state index in [1.807, 2.05) is 45.9 Å². The van der Waals surface area contributed by atoms with Crippen LogP contribution in [0.5, 0.6) is 5.75 Å². The molecule has 0 aromatic heterocycles. The molecule has 0 aliphatic carbocycles. The highest BCUT2D eigenvalue weighted by Gasteiger charge is 2.13. The average molecular weight is 340 g/mol. The number of carbonyl (C=O) groups is 2. The van der Waals surface area contributed by atoms with E-state index in [-0.39, 0.29) is 17.7 Å². The molecular formula is C20H24N2O3. The molecule has 0 heterocycles. The Morgan fingerprint density at radius 2 is 1.72 bits per heavy atom. The van der Waals surface area contributed by atoms with Gasteiger partial charge in [-0.1, -0.05) is 31.5 Å². The van der Waals surface area contributed by atoms with Crippen molar-refractivity contribution in [3.8, 4) is 5.75 Å². The molecule has 0 aliphatic heterocycles. The molecule has 25 heavy (non-hydrogen) atoms. The molecule has 2 aromatic rings. The number of ether oxygens (including phenoxy) is 1. The first-order valence-electron chi connectivity index (χ1n) is 8.19. The number of hydrogen-bond acceptors (Lipinski definition) is 3. The Hall–Kier alpha value is -2.82. The number of anilines is 2. The molecule has 0 atom stereocenters. The first kappa shape index (κ1) is 18.5. The van der Waals surface area contributed by atoms with Gasteiger partial charge in [0.15, 0.2) is 0 Å². The Labute approximate surface area is 148 Å². The second-order valence-corrected chi connectivity index (χ2v) is 6.33. The van der Waals surface area contributed by atoms with Gasteiger partial charge in [-0.3, -0.25) is 9.59 Å². The third-order valence-electron chi connectivity index (χ3n) is 3.87. The first-order valence-corrected chi connectivity index (χ1v) is 8.19. The fourth-order valence-electron chi connectivity index (χ4n) is 2.42. The monoisotopic (exact) mass is 340 g/mol. The zero-order chi connectivity index (χ0) is 18.6. The summed E-state index contributed by atoms with van der Waals surface area (Å²) >= 11 is 0. The summed E-state index contributed by atoms with van der Waals surface area (Å²) in [6, 6.07) is 10.8. The van der Waals surface area contributed by atoms with Gasteiger partial charge in [0.05, 0.1) is 12.8 Å². The van der Waals surface area contributed by atoms with Crippen LogP contribution in [0.4, 0.5) is 11.4 Å². The highest BCUT2D eigenvalue weighted by Crippen LogP contribution is 2.28. The fraction of sp³-hybridized carbons (Fsp3) is 0.300. The molecule has 0 saturated carbocycles. The number of aryl methyl sites for hydroxylation is 2. The lowest BCUT2D eigenvalue weighted by Gasteiger charge is -2.14. The van der Waals surface area contributed by atoms with E-state index in [4.69, 9.17) is 4.74 Å². The molecule has 5 nitrogen and oxygen atoms in total. The van der Waals surface area contributed by atoms with Crippen LogP contribution in [-0.4, -0.2) is 18.9 Å². The van der Waals surface area contributed by atoms with Gasteiger partial charge in [-0.05, 0) is 37.6 Å². The third kappa shape index (κ3) is 4.59. The van der Waals surface area contributed by atoms with Crippen LogP contribution in [0.25, 0.3) is 0 Å². The Bertz CT molecular complexity index is 798. The van der Waals surface area contributed by atoms with Crippen molar-refractivity contribution < 1.29 is 14.3 Å². The van der Waals surface area contributed by atoms with Crippen molar-refractivity contribution in [3.05, 3.63) is 53.1 Å². The van der Waals surface area contributed by atoms with Gasteiger partial charge in [-0.25, -0.2) is 0 Å². The molecule has 0 aliphatic rings. The maximum absolute atomic E-state index is 12.5. The minimum Gasteiger partial charge on any atom is -0.494 e. The van der Waals surface area contributed by atoms with Crippen LogP contribution in [0.1, 0.15) is 35.3 Å². The van der Waals surface area contributed by atoms with Gasteiger partial charge in [-0.2, -0.15) is 0 Å². The number of nitrogens with one attached hydrogen (secondary N) is 2. The molecule has 2 aromatic carbocycles. The van der Waals surface area contributed by atoms with E-state index in [1.54, 1.807) is 18.2 Å². The van der Waals surface area contributed by atoms with Crippen LogP contribution in [0, 0.1) is 19.8 Å². The van der Waals surface area contributed by atoms with Crippen LogP contribution >= 0.6 is 0 Å². The first-order chi connectivity index (χ1) is 11.8. The van der Waals surface area contributed by atoms with Crippen molar-refractivity contribution >= 4 is 23.2 Å². The quantitative estimate of drug-likeness (QED) is 0.859. The van der Waals surface area contributed by atoms with Gasteiger partial charge in [-0.15, -0.1) is 0 Å². The van der Waals surface area contributed by atoms with Crippen LogP contribution in [-0.2, 0) is 4.79 Å². The smallest absolute Gasteiger partial charge is 0.255 e. The van der Waals surface area contributed by atoms with E-state index in [0.717, 1.165) is 11.1 Å². The molecule has 0 fully saturated rings. The Morgan fingerprint density at radius 1 is 1.00 bits per heavy atom. The second kappa shape index (κ2) is 7.83. The molecule has 5 heteroatoms. The minimum atomic E-state index is -0.182. The number of hydrogen-bond donors (Lipinski definition) is 2. The highest BCUT2D eigenvalue weighted by molar-refractivity contribution is 6.05. The van der Waals surface area contributed by atoms with Crippen molar-refractivity contribution in [3.63, 3.8) is 0 Å². The topological polar surface area (TPSA) is 67.4 Å². The predicted molar refractivity (Wildman–Crippen MR) is 100 cm³/mol. The number of benzene rings is 2. The molecule has 0 radical (unpaired) electrons. The van der Waals surface area contributed by atoms with E-state index in [0.29, 0.717) is 22.7 Å². The molecule has 132 valence electrons. The molecule has 2 N–H and O–H groups in total. The maximum Gasteiger partial charge on any atom is 0.255 e. The molecule has 2 amide bonds. The standard InChI is InChI=1S/C20H24N2O3/c1-12(2)19(23)22-17-9-7-15(11-18(17)25-5)21-20(24)16-8-6-13(3)10-14(16)4/h6-12H,1-5H3,(H,21,24)(H,22,23). The summed E-state index contributed by atoms with van der Waals surface area (Å²) in [5.41, 5.74) is 3.84. The van der Waals surface area contributed by atoms with Crippen LogP contribution in [0.2, 0.25) is 0 Å². The molecule has 2 rings (SSSR count). The predicted octanol–water partition coefficient (Wildman–Crippen LogP) is 4.16. The van der Waals surface area contributed by atoms with E-state index < -0.39 is 0 Å². The van der Waals surface area contributed by atoms with Crippen LogP contribution in [0.3, 0.4) is 0 Å². The zero-order valence-electron chi connectivity index (χ0n) is 15.3. The Balaban J connectivity index is 2.20. The maximum atomic E-state index is 12.5. The normalized spacial score (nSPS) is 10.5. The van der Waals surface area contributed by atoms with Gasteiger partial charge >= 0.3 is 0 Å². The highest BCUT2D eigenvalue weighted by atomic mass is 16.5. The average Bonchev–Trinajstić information content (AvgIpc) is 2.55. The van der Waals surface area contributed by atoms with Gasteiger partial charge in [0.25, 0.3) is 5.91 Å². The summed E-state index contributed by atoms with van der Waals surface area (Å²) < 4.78 is 5.33. The summed E-state index contributed by atoms with van der Waals surface area (Å²) in [7, 11) is 1.52. The van der Waals surface area contributed by atoms with Gasteiger partial charge in [0.1, 0.15) is 5.75 Å². The fourth-order valence-corrected chi connectivity index (χ4v) is 2.42. The van der Waals surface area contributed by atoms with Crippen molar-refractivity contribution in [1.82, 2.24) is 0 Å².